The van der Waals surface area contributed by atoms with Gasteiger partial charge >= 0.3 is 0 Å². The van der Waals surface area contributed by atoms with Gasteiger partial charge in [-0.25, -0.2) is 0 Å². The summed E-state index contributed by atoms with van der Waals surface area (Å²) < 4.78 is 23.5. The van der Waals surface area contributed by atoms with Gasteiger partial charge in [0.25, 0.3) is 0 Å². The zero-order chi connectivity index (χ0) is 30.3. The average Bonchev–Trinajstić information content (AvgIpc) is 3.32. The zero-order valence-electron chi connectivity index (χ0n) is 27.4. The van der Waals surface area contributed by atoms with Crippen molar-refractivity contribution in [3.63, 3.8) is 0 Å². The molecule has 0 aromatic heterocycles. The van der Waals surface area contributed by atoms with Gasteiger partial charge in [-0.05, 0) is 45.9 Å². The predicted octanol–water partition coefficient (Wildman–Crippen LogP) is 11.7. The molecule has 0 spiro atoms. The van der Waals surface area contributed by atoms with Gasteiger partial charge in [0, 0.05) is 11.8 Å². The Balaban J connectivity index is 0. The van der Waals surface area contributed by atoms with Gasteiger partial charge in [-0.1, -0.05) is 134 Å². The van der Waals surface area contributed by atoms with Crippen LogP contribution in [-0.4, -0.2) is 26.4 Å². The fourth-order valence-corrected chi connectivity index (χ4v) is 3.97. The lowest BCUT2D eigenvalue weighted by molar-refractivity contribution is 0.114. The molecule has 0 saturated heterocycles. The largest absolute Gasteiger partial charge is 0.489 e. The number of rotatable bonds is 0. The predicted molar refractivity (Wildman–Crippen MR) is 186 cm³/mol. The highest BCUT2D eigenvalue weighted by Crippen LogP contribution is 2.38. The van der Waals surface area contributed by atoms with Crippen molar-refractivity contribution in [1.29, 1.82) is 0 Å². The fourth-order valence-electron chi connectivity index (χ4n) is 3.97. The van der Waals surface area contributed by atoms with Crippen LogP contribution >= 0.6 is 0 Å². The molecular weight excluding hydrogens is 520 g/mol. The van der Waals surface area contributed by atoms with E-state index >= 15 is 0 Å². The Morgan fingerprint density at radius 3 is 1.00 bits per heavy atom. The van der Waals surface area contributed by atoms with Crippen molar-refractivity contribution in [2.75, 3.05) is 26.4 Å². The SMILES string of the molecule is C.C.CC.CC.CC.CC(C)(C)C1COc2cc3ccccc3cc2OC1.CC(C)(C)C1COc2ccccc2OC1. The van der Waals surface area contributed by atoms with Crippen molar-refractivity contribution in [3.8, 4) is 23.0 Å². The molecule has 0 amide bonds. The van der Waals surface area contributed by atoms with Crippen molar-refractivity contribution < 1.29 is 18.9 Å². The van der Waals surface area contributed by atoms with Crippen LogP contribution in [-0.2, 0) is 0 Å². The van der Waals surface area contributed by atoms with Gasteiger partial charge in [-0.2, -0.15) is 0 Å². The van der Waals surface area contributed by atoms with E-state index in [0.29, 0.717) is 11.8 Å². The van der Waals surface area contributed by atoms with Crippen LogP contribution in [0.3, 0.4) is 0 Å². The van der Waals surface area contributed by atoms with E-state index in [0.717, 1.165) is 49.4 Å². The first kappa shape index (κ1) is 41.3. The molecule has 0 fully saturated rings. The molecule has 240 valence electrons. The number of hydrogen-bond acceptors (Lipinski definition) is 4. The van der Waals surface area contributed by atoms with Gasteiger partial charge in [0.2, 0.25) is 0 Å². The smallest absolute Gasteiger partial charge is 0.161 e. The number of para-hydroxylation sites is 2. The molecule has 42 heavy (non-hydrogen) atoms. The minimum atomic E-state index is 0. The highest BCUT2D eigenvalue weighted by molar-refractivity contribution is 5.86. The number of hydrogen-bond donors (Lipinski definition) is 0. The maximum absolute atomic E-state index is 5.97. The van der Waals surface area contributed by atoms with E-state index in [1.165, 1.54) is 10.8 Å². The first-order chi connectivity index (χ1) is 19.1. The first-order valence-corrected chi connectivity index (χ1v) is 15.2. The van der Waals surface area contributed by atoms with E-state index in [9.17, 15) is 0 Å². The van der Waals surface area contributed by atoms with Crippen LogP contribution in [0.4, 0.5) is 0 Å². The van der Waals surface area contributed by atoms with E-state index in [2.05, 4.69) is 65.8 Å². The number of ether oxygens (including phenoxy) is 4. The van der Waals surface area contributed by atoms with E-state index in [-0.39, 0.29) is 25.7 Å². The quantitative estimate of drug-likeness (QED) is 0.263. The second kappa shape index (κ2) is 20.1. The zero-order valence-corrected chi connectivity index (χ0v) is 27.4. The minimum absolute atomic E-state index is 0. The Morgan fingerprint density at radius 1 is 0.452 bits per heavy atom. The molecule has 5 rings (SSSR count). The van der Waals surface area contributed by atoms with E-state index < -0.39 is 0 Å². The molecule has 0 unspecified atom stereocenters. The molecule has 0 aliphatic carbocycles. The van der Waals surface area contributed by atoms with Gasteiger partial charge in [0.15, 0.2) is 23.0 Å². The number of benzene rings is 3. The Kier molecular flexibility index (Phi) is 19.7. The van der Waals surface area contributed by atoms with Crippen LogP contribution in [0, 0.1) is 22.7 Å². The Hall–Kier alpha value is -2.88. The summed E-state index contributed by atoms with van der Waals surface area (Å²) in [5, 5.41) is 2.39. The molecule has 4 nitrogen and oxygen atoms in total. The molecule has 4 heteroatoms. The molecule has 3 aromatic rings. The van der Waals surface area contributed by atoms with Crippen molar-refractivity contribution >= 4 is 10.8 Å². The summed E-state index contributed by atoms with van der Waals surface area (Å²) in [7, 11) is 0. The van der Waals surface area contributed by atoms with Gasteiger partial charge in [-0.3, -0.25) is 0 Å². The lowest BCUT2D eigenvalue weighted by Gasteiger charge is -2.28. The Bertz CT molecular complexity index is 1030. The second-order valence-corrected chi connectivity index (χ2v) is 11.5. The van der Waals surface area contributed by atoms with Crippen LogP contribution < -0.4 is 18.9 Å². The highest BCUT2D eigenvalue weighted by atomic mass is 16.5. The molecule has 2 heterocycles. The fraction of sp³-hybridized carbons (Fsp3) is 0.579. The molecule has 0 bridgehead atoms. The standard InChI is InChI=1S/C17H20O2.C13H18O2.3C2H6.2CH4/c1-17(2,3)14-10-18-15-8-12-6-4-5-7-13(12)9-16(15)19-11-14;1-13(2,3)10-8-14-11-6-4-5-7-12(11)15-9-10;3*1-2;;/h4-9,14H,10-11H2,1-3H3;4-7,10H,8-9H2,1-3H3;3*1-2H3;2*1H4. The van der Waals surface area contributed by atoms with Crippen molar-refractivity contribution in [2.45, 2.75) is 97.9 Å². The first-order valence-electron chi connectivity index (χ1n) is 15.2. The highest BCUT2D eigenvalue weighted by Gasteiger charge is 2.30. The average molecular weight is 585 g/mol. The normalized spacial score (nSPS) is 14.0. The maximum Gasteiger partial charge on any atom is 0.161 e. The van der Waals surface area contributed by atoms with E-state index in [1.54, 1.807) is 0 Å². The molecule has 3 aromatic carbocycles. The number of fused-ring (bicyclic) bond motifs is 3. The summed E-state index contributed by atoms with van der Waals surface area (Å²) in [5.41, 5.74) is 0.420. The summed E-state index contributed by atoms with van der Waals surface area (Å²) in [6, 6.07) is 20.3. The van der Waals surface area contributed by atoms with E-state index in [4.69, 9.17) is 18.9 Å². The van der Waals surface area contributed by atoms with Crippen molar-refractivity contribution in [1.82, 2.24) is 0 Å². The third-order valence-corrected chi connectivity index (χ3v) is 6.87. The maximum atomic E-state index is 5.97. The van der Waals surface area contributed by atoms with Gasteiger partial charge < -0.3 is 18.9 Å². The van der Waals surface area contributed by atoms with Crippen molar-refractivity contribution in [2.24, 2.45) is 22.7 Å². The molecule has 2 aliphatic heterocycles. The minimum Gasteiger partial charge on any atom is -0.489 e. The molecule has 0 atom stereocenters. The van der Waals surface area contributed by atoms with Crippen LogP contribution in [0.15, 0.2) is 60.7 Å². The summed E-state index contributed by atoms with van der Waals surface area (Å²) in [6.45, 7) is 28.3. The monoisotopic (exact) mass is 584 g/mol. The summed E-state index contributed by atoms with van der Waals surface area (Å²) in [4.78, 5) is 0. The Morgan fingerprint density at radius 2 is 0.714 bits per heavy atom. The summed E-state index contributed by atoms with van der Waals surface area (Å²) in [5.74, 6) is 4.30. The van der Waals surface area contributed by atoms with Gasteiger partial charge in [0.05, 0.1) is 26.4 Å². The lowest BCUT2D eigenvalue weighted by atomic mass is 9.82. The van der Waals surface area contributed by atoms with E-state index in [1.807, 2.05) is 77.9 Å². The molecular formula is C38H64O4. The summed E-state index contributed by atoms with van der Waals surface area (Å²) in [6.07, 6.45) is 0. The molecule has 0 saturated carbocycles. The lowest BCUT2D eigenvalue weighted by Crippen LogP contribution is -2.30. The summed E-state index contributed by atoms with van der Waals surface area (Å²) >= 11 is 0. The Labute approximate surface area is 260 Å². The molecule has 0 radical (unpaired) electrons. The molecule has 2 aliphatic rings. The van der Waals surface area contributed by atoms with Crippen LogP contribution in [0.25, 0.3) is 10.8 Å². The van der Waals surface area contributed by atoms with Crippen LogP contribution in [0.2, 0.25) is 0 Å². The van der Waals surface area contributed by atoms with Gasteiger partial charge in [0.1, 0.15) is 0 Å². The topological polar surface area (TPSA) is 36.9 Å². The van der Waals surface area contributed by atoms with Crippen molar-refractivity contribution in [3.05, 3.63) is 60.7 Å². The third-order valence-electron chi connectivity index (χ3n) is 6.87. The van der Waals surface area contributed by atoms with Crippen LogP contribution in [0.5, 0.6) is 23.0 Å². The second-order valence-electron chi connectivity index (χ2n) is 11.5. The molecule has 0 N–H and O–H groups in total. The third kappa shape index (κ3) is 12.2. The van der Waals surface area contributed by atoms with Crippen LogP contribution in [0.1, 0.15) is 97.9 Å². The van der Waals surface area contributed by atoms with Gasteiger partial charge in [-0.15, -0.1) is 0 Å².